The predicted molar refractivity (Wildman–Crippen MR) is 133 cm³/mol. The van der Waals surface area contributed by atoms with Crippen LogP contribution in [0.1, 0.15) is 16.1 Å². The summed E-state index contributed by atoms with van der Waals surface area (Å²) in [6, 6.07) is 15.0. The minimum Gasteiger partial charge on any atom is -0.493 e. The first-order valence-electron chi connectivity index (χ1n) is 11.3. The van der Waals surface area contributed by atoms with Gasteiger partial charge in [-0.2, -0.15) is 13.2 Å². The van der Waals surface area contributed by atoms with E-state index in [-0.39, 0.29) is 33.8 Å². The van der Waals surface area contributed by atoms with Gasteiger partial charge < -0.3 is 23.0 Å². The van der Waals surface area contributed by atoms with Gasteiger partial charge in [-0.1, -0.05) is 24.3 Å². The molecule has 3 aromatic carbocycles. The number of fused-ring (bicyclic) bond motifs is 2. The van der Waals surface area contributed by atoms with Crippen molar-refractivity contribution < 1.29 is 41.0 Å². The van der Waals surface area contributed by atoms with Crippen molar-refractivity contribution in [2.45, 2.75) is 6.18 Å². The Morgan fingerprint density at radius 1 is 0.821 bits per heavy atom. The van der Waals surface area contributed by atoms with Crippen LogP contribution >= 0.6 is 0 Å². The van der Waals surface area contributed by atoms with E-state index < -0.39 is 45.7 Å². The van der Waals surface area contributed by atoms with Crippen LogP contribution in [-0.2, 0) is 6.18 Å². The molecule has 0 aliphatic carbocycles. The molecule has 0 aliphatic heterocycles. The number of hydrogen-bond acceptors (Lipinski definition) is 8. The molecule has 0 unspecified atom stereocenters. The number of hydrogen-bond donors (Lipinski definition) is 0. The van der Waals surface area contributed by atoms with Crippen molar-refractivity contribution in [3.05, 3.63) is 98.7 Å². The molecule has 0 saturated carbocycles. The zero-order valence-corrected chi connectivity index (χ0v) is 20.3. The molecule has 0 bridgehead atoms. The van der Waals surface area contributed by atoms with E-state index >= 15 is 0 Å². The highest BCUT2D eigenvalue weighted by molar-refractivity contribution is 5.94. The molecule has 198 valence electrons. The van der Waals surface area contributed by atoms with Crippen LogP contribution in [0.5, 0.6) is 17.2 Å². The summed E-state index contributed by atoms with van der Waals surface area (Å²) in [4.78, 5) is 38.2. The summed E-state index contributed by atoms with van der Waals surface area (Å²) in [6.45, 7) is 0. The van der Waals surface area contributed by atoms with Crippen LogP contribution in [0, 0.1) is 0 Å². The number of rotatable bonds is 5. The van der Waals surface area contributed by atoms with E-state index in [2.05, 4.69) is 0 Å². The van der Waals surface area contributed by atoms with Gasteiger partial charge in [-0.05, 0) is 42.0 Å². The monoisotopic (exact) mass is 538 g/mol. The molecule has 39 heavy (non-hydrogen) atoms. The molecule has 0 radical (unpaired) electrons. The van der Waals surface area contributed by atoms with Gasteiger partial charge in [-0.3, -0.25) is 4.79 Å². The predicted octanol–water partition coefficient (Wildman–Crippen LogP) is 5.82. The SMILES string of the molecule is COc1ccc(-c2c(C(F)(F)F)oc3cc(OC(=O)c4cc5ccccc5oc4=O)ccc3c2=O)cc1OC. The molecular formula is C28H17F3O8. The van der Waals surface area contributed by atoms with Gasteiger partial charge in [-0.25, -0.2) is 9.59 Å². The second-order valence-electron chi connectivity index (χ2n) is 8.24. The number of benzene rings is 3. The van der Waals surface area contributed by atoms with Gasteiger partial charge in [0.2, 0.25) is 11.2 Å². The second-order valence-corrected chi connectivity index (χ2v) is 8.24. The van der Waals surface area contributed by atoms with Crippen LogP contribution < -0.4 is 25.3 Å². The van der Waals surface area contributed by atoms with Crippen molar-refractivity contribution in [1.29, 1.82) is 0 Å². The number of esters is 1. The molecule has 5 aromatic rings. The first-order valence-corrected chi connectivity index (χ1v) is 11.3. The van der Waals surface area contributed by atoms with E-state index in [1.54, 1.807) is 24.3 Å². The lowest BCUT2D eigenvalue weighted by Gasteiger charge is -2.15. The fourth-order valence-electron chi connectivity index (χ4n) is 4.06. The second kappa shape index (κ2) is 9.67. The maximum atomic E-state index is 14.1. The van der Waals surface area contributed by atoms with Gasteiger partial charge in [0, 0.05) is 11.5 Å². The first-order chi connectivity index (χ1) is 18.6. The molecule has 0 fully saturated rings. The fourth-order valence-corrected chi connectivity index (χ4v) is 4.06. The molecule has 5 rings (SSSR count). The molecule has 11 heteroatoms. The smallest absolute Gasteiger partial charge is 0.450 e. The average Bonchev–Trinajstić information content (AvgIpc) is 2.91. The number of carbonyl (C=O) groups excluding carboxylic acids is 1. The number of ether oxygens (including phenoxy) is 3. The third-order valence-electron chi connectivity index (χ3n) is 5.87. The number of halogens is 3. The Balaban J connectivity index is 1.59. The summed E-state index contributed by atoms with van der Waals surface area (Å²) in [5, 5.41) is 0.267. The van der Waals surface area contributed by atoms with Gasteiger partial charge in [0.25, 0.3) is 0 Å². The quantitative estimate of drug-likeness (QED) is 0.157. The molecule has 0 aliphatic rings. The van der Waals surface area contributed by atoms with E-state index in [1.165, 1.54) is 44.6 Å². The maximum Gasteiger partial charge on any atom is 0.450 e. The minimum atomic E-state index is -5.05. The van der Waals surface area contributed by atoms with Crippen LogP contribution in [0.3, 0.4) is 0 Å². The van der Waals surface area contributed by atoms with E-state index in [1.807, 2.05) is 0 Å². The topological polar surface area (TPSA) is 105 Å². The summed E-state index contributed by atoms with van der Waals surface area (Å²) in [7, 11) is 2.67. The van der Waals surface area contributed by atoms with Crippen molar-refractivity contribution >= 4 is 27.9 Å². The molecule has 0 atom stereocenters. The Kier molecular flexibility index (Phi) is 6.35. The lowest BCUT2D eigenvalue weighted by Crippen LogP contribution is -2.19. The van der Waals surface area contributed by atoms with E-state index in [0.29, 0.717) is 5.39 Å². The van der Waals surface area contributed by atoms with Gasteiger partial charge in [0.15, 0.2) is 11.5 Å². The van der Waals surface area contributed by atoms with Crippen molar-refractivity contribution in [3.63, 3.8) is 0 Å². The number of alkyl halides is 3. The number of carbonyl (C=O) groups is 1. The molecular weight excluding hydrogens is 521 g/mol. The lowest BCUT2D eigenvalue weighted by atomic mass is 10.0. The van der Waals surface area contributed by atoms with Gasteiger partial charge in [0.05, 0.1) is 25.2 Å². The van der Waals surface area contributed by atoms with Crippen LogP contribution in [0.2, 0.25) is 0 Å². The zero-order valence-electron chi connectivity index (χ0n) is 20.3. The Labute approximate surface area is 216 Å². The third-order valence-corrected chi connectivity index (χ3v) is 5.87. The standard InChI is InChI=1S/C28H17F3O8/c1-35-20-10-7-15(12-22(20)36-2)23-24(32)17-9-8-16(13-21(17)38-25(23)28(29,30)31)37-26(33)18-11-14-5-3-4-6-19(14)39-27(18)34/h3-13H,1-2H3. The maximum absolute atomic E-state index is 14.1. The Morgan fingerprint density at radius 2 is 1.56 bits per heavy atom. The molecule has 0 spiro atoms. The van der Waals surface area contributed by atoms with Crippen LogP contribution in [-0.4, -0.2) is 20.2 Å². The molecule has 2 heterocycles. The van der Waals surface area contributed by atoms with Gasteiger partial charge in [-0.15, -0.1) is 0 Å². The minimum absolute atomic E-state index is 0.103. The van der Waals surface area contributed by atoms with Crippen LogP contribution in [0.4, 0.5) is 13.2 Å². The van der Waals surface area contributed by atoms with Gasteiger partial charge >= 0.3 is 17.8 Å². The van der Waals surface area contributed by atoms with E-state index in [9.17, 15) is 27.6 Å². The first kappa shape index (κ1) is 25.6. The molecule has 0 N–H and O–H groups in total. The number of methoxy groups -OCH3 is 2. The van der Waals surface area contributed by atoms with Crippen molar-refractivity contribution in [2.75, 3.05) is 14.2 Å². The van der Waals surface area contributed by atoms with Crippen molar-refractivity contribution in [1.82, 2.24) is 0 Å². The number of para-hydroxylation sites is 1. The lowest BCUT2D eigenvalue weighted by molar-refractivity contribution is -0.152. The summed E-state index contributed by atoms with van der Waals surface area (Å²) in [6.07, 6.45) is -5.05. The van der Waals surface area contributed by atoms with E-state index in [0.717, 1.165) is 12.1 Å². The van der Waals surface area contributed by atoms with Crippen molar-refractivity contribution in [3.8, 4) is 28.4 Å². The zero-order chi connectivity index (χ0) is 27.9. The highest BCUT2D eigenvalue weighted by Gasteiger charge is 2.39. The summed E-state index contributed by atoms with van der Waals surface area (Å²) >= 11 is 0. The van der Waals surface area contributed by atoms with Gasteiger partial charge in [0.1, 0.15) is 22.5 Å². The summed E-state index contributed by atoms with van der Waals surface area (Å²) in [5.41, 5.74) is -3.39. The largest absolute Gasteiger partial charge is 0.493 e. The fraction of sp³-hybridized carbons (Fsp3) is 0.107. The van der Waals surface area contributed by atoms with E-state index in [4.69, 9.17) is 23.0 Å². The third kappa shape index (κ3) is 4.70. The molecule has 0 saturated heterocycles. The summed E-state index contributed by atoms with van der Waals surface area (Å²) < 4.78 is 67.9. The normalized spacial score (nSPS) is 11.5. The average molecular weight is 538 g/mol. The Hall–Kier alpha value is -5.06. The summed E-state index contributed by atoms with van der Waals surface area (Å²) in [5.74, 6) is -2.54. The van der Waals surface area contributed by atoms with Crippen molar-refractivity contribution in [2.24, 2.45) is 0 Å². The van der Waals surface area contributed by atoms with Crippen LogP contribution in [0.15, 0.2) is 85.2 Å². The Morgan fingerprint density at radius 3 is 2.28 bits per heavy atom. The Bertz CT molecular complexity index is 1870. The molecule has 8 nitrogen and oxygen atoms in total. The molecule has 2 aromatic heterocycles. The van der Waals surface area contributed by atoms with Crippen LogP contribution in [0.25, 0.3) is 33.1 Å². The molecule has 0 amide bonds. The highest BCUT2D eigenvalue weighted by atomic mass is 19.4. The highest BCUT2D eigenvalue weighted by Crippen LogP contribution is 2.40.